The molecule has 0 bridgehead atoms. The predicted molar refractivity (Wildman–Crippen MR) is 89.3 cm³/mol. The predicted octanol–water partition coefficient (Wildman–Crippen LogP) is 3.28. The second kappa shape index (κ2) is 6.97. The van der Waals surface area contributed by atoms with Crippen molar-refractivity contribution in [3.8, 4) is 0 Å². The minimum Gasteiger partial charge on any atom is -0.376 e. The van der Waals surface area contributed by atoms with Crippen molar-refractivity contribution in [3.05, 3.63) is 0 Å². The summed E-state index contributed by atoms with van der Waals surface area (Å²) in [7, 11) is 0. The van der Waals surface area contributed by atoms with Gasteiger partial charge in [-0.2, -0.15) is 0 Å². The SMILES string of the molecule is CCC1COC(C)CN1CC1CC(C(C)(C)C)CCC1N. The standard InChI is InChI=1S/C18H36N2O/c1-6-16-12-21-13(2)10-20(16)11-14-9-15(18(3,4)5)7-8-17(14)19/h13-17H,6-12,19H2,1-5H3. The van der Waals surface area contributed by atoms with Crippen molar-refractivity contribution in [1.29, 1.82) is 0 Å². The molecule has 1 heterocycles. The Morgan fingerprint density at radius 2 is 1.95 bits per heavy atom. The molecule has 5 unspecified atom stereocenters. The Morgan fingerprint density at radius 3 is 2.57 bits per heavy atom. The molecule has 5 atom stereocenters. The molecular weight excluding hydrogens is 260 g/mol. The number of ether oxygens (including phenoxy) is 1. The van der Waals surface area contributed by atoms with Crippen LogP contribution in [0.25, 0.3) is 0 Å². The van der Waals surface area contributed by atoms with Gasteiger partial charge in [-0.3, -0.25) is 4.90 Å². The topological polar surface area (TPSA) is 38.5 Å². The molecular formula is C18H36N2O. The first-order chi connectivity index (χ1) is 9.81. The Kier molecular flexibility index (Phi) is 5.72. The molecule has 2 aliphatic rings. The zero-order valence-corrected chi connectivity index (χ0v) is 14.8. The number of nitrogens with two attached hydrogens (primary N) is 1. The van der Waals surface area contributed by atoms with E-state index in [1.807, 2.05) is 0 Å². The van der Waals surface area contributed by atoms with Crippen molar-refractivity contribution in [1.82, 2.24) is 4.90 Å². The number of nitrogens with zero attached hydrogens (tertiary/aromatic N) is 1. The number of morpholine rings is 1. The molecule has 2 rings (SSSR count). The van der Waals surface area contributed by atoms with Gasteiger partial charge in [-0.15, -0.1) is 0 Å². The van der Waals surface area contributed by atoms with E-state index in [4.69, 9.17) is 10.5 Å². The number of hydrogen-bond acceptors (Lipinski definition) is 3. The van der Waals surface area contributed by atoms with Crippen LogP contribution in [-0.4, -0.2) is 42.8 Å². The molecule has 1 aliphatic carbocycles. The van der Waals surface area contributed by atoms with Crippen LogP contribution in [0.2, 0.25) is 0 Å². The molecule has 21 heavy (non-hydrogen) atoms. The molecule has 3 heteroatoms. The Labute approximate surface area is 131 Å². The van der Waals surface area contributed by atoms with Crippen molar-refractivity contribution >= 4 is 0 Å². The van der Waals surface area contributed by atoms with Gasteiger partial charge in [0.1, 0.15) is 0 Å². The molecule has 1 aliphatic heterocycles. The third-order valence-corrected chi connectivity index (χ3v) is 5.79. The molecule has 2 N–H and O–H groups in total. The maximum absolute atomic E-state index is 6.47. The normalized spacial score (nSPS) is 39.4. The van der Waals surface area contributed by atoms with Crippen LogP contribution >= 0.6 is 0 Å². The van der Waals surface area contributed by atoms with Crippen LogP contribution < -0.4 is 5.73 Å². The van der Waals surface area contributed by atoms with E-state index in [2.05, 4.69) is 39.5 Å². The van der Waals surface area contributed by atoms with Gasteiger partial charge in [-0.25, -0.2) is 0 Å². The average molecular weight is 296 g/mol. The molecule has 1 saturated carbocycles. The van der Waals surface area contributed by atoms with Crippen molar-refractivity contribution in [3.63, 3.8) is 0 Å². The van der Waals surface area contributed by atoms with E-state index in [-0.39, 0.29) is 0 Å². The minimum absolute atomic E-state index is 0.367. The van der Waals surface area contributed by atoms with E-state index >= 15 is 0 Å². The summed E-state index contributed by atoms with van der Waals surface area (Å²) in [6, 6.07) is 0.975. The van der Waals surface area contributed by atoms with Gasteiger partial charge in [0.15, 0.2) is 0 Å². The second-order valence-electron chi connectivity index (χ2n) is 8.46. The van der Waals surface area contributed by atoms with Gasteiger partial charge in [0.2, 0.25) is 0 Å². The quantitative estimate of drug-likeness (QED) is 0.868. The Bertz CT molecular complexity index is 326. The molecule has 0 aromatic heterocycles. The molecule has 1 saturated heterocycles. The first kappa shape index (κ1) is 17.2. The van der Waals surface area contributed by atoms with Crippen LogP contribution in [0.3, 0.4) is 0 Å². The van der Waals surface area contributed by atoms with Gasteiger partial charge >= 0.3 is 0 Å². The smallest absolute Gasteiger partial charge is 0.0674 e. The summed E-state index contributed by atoms with van der Waals surface area (Å²) in [5.74, 6) is 1.48. The summed E-state index contributed by atoms with van der Waals surface area (Å²) in [5.41, 5.74) is 6.88. The zero-order chi connectivity index (χ0) is 15.6. The molecule has 3 nitrogen and oxygen atoms in total. The summed E-state index contributed by atoms with van der Waals surface area (Å²) in [5, 5.41) is 0. The minimum atomic E-state index is 0.367. The first-order valence-electron chi connectivity index (χ1n) is 8.92. The lowest BCUT2D eigenvalue weighted by atomic mass is 9.67. The van der Waals surface area contributed by atoms with E-state index in [1.54, 1.807) is 0 Å². The molecule has 0 spiro atoms. The first-order valence-corrected chi connectivity index (χ1v) is 8.92. The highest BCUT2D eigenvalue weighted by Gasteiger charge is 2.36. The Morgan fingerprint density at radius 1 is 1.24 bits per heavy atom. The van der Waals surface area contributed by atoms with E-state index in [9.17, 15) is 0 Å². The second-order valence-corrected chi connectivity index (χ2v) is 8.46. The summed E-state index contributed by atoms with van der Waals surface area (Å²) in [6.45, 7) is 14.8. The fraction of sp³-hybridized carbons (Fsp3) is 1.00. The maximum atomic E-state index is 6.47. The van der Waals surface area contributed by atoms with Gasteiger partial charge in [0.05, 0.1) is 12.7 Å². The largest absolute Gasteiger partial charge is 0.376 e. The van der Waals surface area contributed by atoms with Crippen molar-refractivity contribution in [2.75, 3.05) is 19.7 Å². The molecule has 0 aromatic rings. The van der Waals surface area contributed by atoms with Crippen LogP contribution in [0.5, 0.6) is 0 Å². The van der Waals surface area contributed by atoms with E-state index in [0.29, 0.717) is 29.5 Å². The lowest BCUT2D eigenvalue weighted by molar-refractivity contribution is -0.0654. The zero-order valence-electron chi connectivity index (χ0n) is 14.8. The highest BCUT2D eigenvalue weighted by molar-refractivity contribution is 4.90. The van der Waals surface area contributed by atoms with E-state index < -0.39 is 0 Å². The van der Waals surface area contributed by atoms with Crippen LogP contribution in [0.1, 0.15) is 60.3 Å². The van der Waals surface area contributed by atoms with Crippen molar-refractivity contribution < 1.29 is 4.74 Å². The van der Waals surface area contributed by atoms with Crippen LogP contribution in [0, 0.1) is 17.3 Å². The highest BCUT2D eigenvalue weighted by Crippen LogP contribution is 2.40. The van der Waals surface area contributed by atoms with Gasteiger partial charge in [0, 0.05) is 25.2 Å². The summed E-state index contributed by atoms with van der Waals surface area (Å²) < 4.78 is 5.83. The van der Waals surface area contributed by atoms with Gasteiger partial charge < -0.3 is 10.5 Å². The lowest BCUT2D eigenvalue weighted by Gasteiger charge is -2.45. The third-order valence-electron chi connectivity index (χ3n) is 5.79. The van der Waals surface area contributed by atoms with Crippen LogP contribution in [0.15, 0.2) is 0 Å². The molecule has 124 valence electrons. The van der Waals surface area contributed by atoms with Gasteiger partial charge in [0.25, 0.3) is 0 Å². The van der Waals surface area contributed by atoms with Gasteiger partial charge in [-0.05, 0) is 49.9 Å². The molecule has 0 radical (unpaired) electrons. The van der Waals surface area contributed by atoms with E-state index in [0.717, 1.165) is 19.1 Å². The fourth-order valence-electron chi connectivity index (χ4n) is 4.10. The monoisotopic (exact) mass is 296 g/mol. The molecule has 2 fully saturated rings. The van der Waals surface area contributed by atoms with Crippen molar-refractivity contribution in [2.45, 2.75) is 78.5 Å². The maximum Gasteiger partial charge on any atom is 0.0674 e. The number of hydrogen-bond donors (Lipinski definition) is 1. The van der Waals surface area contributed by atoms with Gasteiger partial charge in [-0.1, -0.05) is 27.7 Å². The molecule has 0 amide bonds. The summed E-state index contributed by atoms with van der Waals surface area (Å²) >= 11 is 0. The average Bonchev–Trinajstić information content (AvgIpc) is 2.40. The molecule has 0 aromatic carbocycles. The van der Waals surface area contributed by atoms with Crippen LogP contribution in [0.4, 0.5) is 0 Å². The summed E-state index contributed by atoms with van der Waals surface area (Å²) in [6.07, 6.45) is 5.34. The highest BCUT2D eigenvalue weighted by atomic mass is 16.5. The summed E-state index contributed by atoms with van der Waals surface area (Å²) in [4.78, 5) is 2.66. The third kappa shape index (κ3) is 4.43. The fourth-order valence-corrected chi connectivity index (χ4v) is 4.10. The number of rotatable bonds is 3. The lowest BCUT2D eigenvalue weighted by Crippen LogP contribution is -2.53. The van der Waals surface area contributed by atoms with Crippen LogP contribution in [-0.2, 0) is 4.74 Å². The Balaban J connectivity index is 1.98. The Hall–Kier alpha value is -0.120. The van der Waals surface area contributed by atoms with E-state index in [1.165, 1.54) is 32.2 Å². The van der Waals surface area contributed by atoms with Crippen molar-refractivity contribution in [2.24, 2.45) is 23.0 Å².